The Morgan fingerprint density at radius 1 is 1.00 bits per heavy atom. The van der Waals surface area contributed by atoms with Crippen molar-refractivity contribution in [3.8, 4) is 0 Å². The molecule has 0 aromatic heterocycles. The summed E-state index contributed by atoms with van der Waals surface area (Å²) in [6.07, 6.45) is 8.93. The van der Waals surface area contributed by atoms with Gasteiger partial charge >= 0.3 is 0 Å². The molecule has 0 saturated carbocycles. The monoisotopic (exact) mass is 179 g/mol. The first-order valence-electron chi connectivity index (χ1n) is 6.03. The average Bonchev–Trinajstić information content (AvgIpc) is 2.02. The molecule has 0 spiro atoms. The maximum atomic E-state index is 3.78. The minimum atomic E-state index is 0.672. The van der Waals surface area contributed by atoms with Crippen LogP contribution < -0.4 is 5.23 Å². The highest BCUT2D eigenvalue weighted by atomic mass is 14.8. The summed E-state index contributed by atoms with van der Waals surface area (Å²) >= 11 is 0. The lowest BCUT2D eigenvalue weighted by atomic mass is 9.34. The molecule has 74 valence electrons. The smallest absolute Gasteiger partial charge is 0.227 e. The van der Waals surface area contributed by atoms with Gasteiger partial charge in [-0.15, -0.1) is 0 Å². The molecule has 0 radical (unpaired) electrons. The zero-order valence-corrected chi connectivity index (χ0v) is 9.05. The minimum absolute atomic E-state index is 0.672. The molecule has 1 N–H and O–H groups in total. The van der Waals surface area contributed by atoms with Crippen molar-refractivity contribution in [3.05, 3.63) is 0 Å². The fourth-order valence-corrected chi connectivity index (χ4v) is 3.33. The predicted molar refractivity (Wildman–Crippen MR) is 59.2 cm³/mol. The lowest BCUT2D eigenvalue weighted by molar-refractivity contribution is 0.430. The first kappa shape index (κ1) is 9.58. The van der Waals surface area contributed by atoms with E-state index in [0.717, 1.165) is 18.5 Å². The van der Waals surface area contributed by atoms with Crippen LogP contribution in [0, 0.1) is 0 Å². The second-order valence-corrected chi connectivity index (χ2v) is 5.23. The Kier molecular flexibility index (Phi) is 2.97. The standard InChI is InChI=1S/C11H22BN/c1-9(2)13-12-10-5-3-6-11(12)8-4-7-10/h9-11,13H,3-8H2,1-2H3. The molecule has 0 unspecified atom stereocenters. The fourth-order valence-electron chi connectivity index (χ4n) is 3.33. The van der Waals surface area contributed by atoms with Crippen molar-refractivity contribution >= 4 is 6.85 Å². The van der Waals surface area contributed by atoms with Gasteiger partial charge in [0.25, 0.3) is 0 Å². The van der Waals surface area contributed by atoms with Crippen molar-refractivity contribution in [3.63, 3.8) is 0 Å². The van der Waals surface area contributed by atoms with E-state index in [1.54, 1.807) is 0 Å². The third-order valence-electron chi connectivity index (χ3n) is 3.84. The summed E-state index contributed by atoms with van der Waals surface area (Å²) in [4.78, 5) is 0. The number of nitrogens with one attached hydrogen (secondary N) is 1. The van der Waals surface area contributed by atoms with Crippen LogP contribution in [-0.4, -0.2) is 12.9 Å². The molecule has 2 aliphatic heterocycles. The third kappa shape index (κ3) is 2.09. The van der Waals surface area contributed by atoms with Crippen LogP contribution in [0.1, 0.15) is 52.4 Å². The van der Waals surface area contributed by atoms with Gasteiger partial charge in [-0.05, 0) is 17.7 Å². The van der Waals surface area contributed by atoms with Gasteiger partial charge in [0.2, 0.25) is 6.85 Å². The summed E-state index contributed by atoms with van der Waals surface area (Å²) in [6, 6.07) is 0.672. The molecule has 2 heterocycles. The van der Waals surface area contributed by atoms with Crippen LogP contribution in [0.5, 0.6) is 0 Å². The second-order valence-electron chi connectivity index (χ2n) is 5.23. The molecule has 0 atom stereocenters. The summed E-state index contributed by atoms with van der Waals surface area (Å²) in [5, 5.41) is 3.78. The Bertz CT molecular complexity index is 147. The highest BCUT2D eigenvalue weighted by molar-refractivity contribution is 6.60. The van der Waals surface area contributed by atoms with Crippen LogP contribution >= 0.6 is 0 Å². The van der Waals surface area contributed by atoms with Crippen LogP contribution in [0.25, 0.3) is 0 Å². The zero-order valence-electron chi connectivity index (χ0n) is 9.05. The Labute approximate surface area is 82.8 Å². The summed E-state index contributed by atoms with van der Waals surface area (Å²) in [7, 11) is 0. The summed E-state index contributed by atoms with van der Waals surface area (Å²) in [5.74, 6) is 2.02. The first-order valence-corrected chi connectivity index (χ1v) is 6.03. The molecule has 0 aliphatic carbocycles. The molecule has 2 heteroatoms. The molecule has 0 aromatic rings. The van der Waals surface area contributed by atoms with Crippen LogP contribution in [0.15, 0.2) is 0 Å². The van der Waals surface area contributed by atoms with Crippen LogP contribution in [0.3, 0.4) is 0 Å². The van der Waals surface area contributed by atoms with Gasteiger partial charge in [-0.1, -0.05) is 52.4 Å². The number of hydrogen-bond donors (Lipinski definition) is 1. The summed E-state index contributed by atoms with van der Waals surface area (Å²) in [5.41, 5.74) is 0. The van der Waals surface area contributed by atoms with Crippen LogP contribution in [0.4, 0.5) is 0 Å². The van der Waals surface area contributed by atoms with Gasteiger partial charge < -0.3 is 5.23 Å². The van der Waals surface area contributed by atoms with E-state index >= 15 is 0 Å². The molecular formula is C11H22BN. The Morgan fingerprint density at radius 2 is 1.46 bits per heavy atom. The third-order valence-corrected chi connectivity index (χ3v) is 3.84. The van der Waals surface area contributed by atoms with E-state index in [1.165, 1.54) is 38.5 Å². The molecule has 2 rings (SSSR count). The van der Waals surface area contributed by atoms with Crippen molar-refractivity contribution in [2.75, 3.05) is 0 Å². The molecule has 2 aliphatic rings. The quantitative estimate of drug-likeness (QED) is 0.642. The van der Waals surface area contributed by atoms with E-state index in [-0.39, 0.29) is 0 Å². The maximum absolute atomic E-state index is 3.78. The highest BCUT2D eigenvalue weighted by Crippen LogP contribution is 2.45. The Hall–Kier alpha value is 0.0249. The van der Waals surface area contributed by atoms with E-state index in [0.29, 0.717) is 6.04 Å². The fraction of sp³-hybridized carbons (Fsp3) is 1.00. The number of rotatable bonds is 2. The van der Waals surface area contributed by atoms with Gasteiger partial charge in [0.05, 0.1) is 0 Å². The van der Waals surface area contributed by atoms with Crippen molar-refractivity contribution in [2.24, 2.45) is 0 Å². The molecule has 1 nitrogen and oxygen atoms in total. The summed E-state index contributed by atoms with van der Waals surface area (Å²) < 4.78 is 0. The van der Waals surface area contributed by atoms with Gasteiger partial charge in [-0.2, -0.15) is 0 Å². The van der Waals surface area contributed by atoms with Crippen molar-refractivity contribution < 1.29 is 0 Å². The van der Waals surface area contributed by atoms with Gasteiger partial charge in [-0.25, -0.2) is 0 Å². The summed E-state index contributed by atoms with van der Waals surface area (Å²) in [6.45, 7) is 5.43. The van der Waals surface area contributed by atoms with Gasteiger partial charge in [-0.3, -0.25) is 0 Å². The Balaban J connectivity index is 1.98. The lowest BCUT2D eigenvalue weighted by Crippen LogP contribution is -2.49. The van der Waals surface area contributed by atoms with Crippen molar-refractivity contribution in [1.82, 2.24) is 5.23 Å². The number of fused-ring (bicyclic) bond motifs is 2. The van der Waals surface area contributed by atoms with E-state index < -0.39 is 0 Å². The zero-order chi connectivity index (χ0) is 9.26. The first-order chi connectivity index (χ1) is 6.27. The van der Waals surface area contributed by atoms with E-state index in [2.05, 4.69) is 19.1 Å². The molecule has 0 aromatic carbocycles. The normalized spacial score (nSPS) is 33.9. The average molecular weight is 179 g/mol. The highest BCUT2D eigenvalue weighted by Gasteiger charge is 2.39. The van der Waals surface area contributed by atoms with Crippen LogP contribution in [0.2, 0.25) is 11.6 Å². The predicted octanol–water partition coefficient (Wildman–Crippen LogP) is 3.08. The van der Waals surface area contributed by atoms with Gasteiger partial charge in [0.1, 0.15) is 0 Å². The van der Waals surface area contributed by atoms with E-state index in [9.17, 15) is 0 Å². The second kappa shape index (κ2) is 4.04. The van der Waals surface area contributed by atoms with Gasteiger partial charge in [0, 0.05) is 0 Å². The van der Waals surface area contributed by atoms with Crippen LogP contribution in [-0.2, 0) is 0 Å². The largest absolute Gasteiger partial charge is 0.353 e. The maximum Gasteiger partial charge on any atom is 0.227 e. The van der Waals surface area contributed by atoms with Crippen molar-refractivity contribution in [1.29, 1.82) is 0 Å². The molecule has 0 amide bonds. The molecule has 2 bridgehead atoms. The Morgan fingerprint density at radius 3 is 1.85 bits per heavy atom. The van der Waals surface area contributed by atoms with Gasteiger partial charge in [0.15, 0.2) is 0 Å². The SMILES string of the molecule is CC(C)NB1C2CCCC1CCC2. The molecule has 2 saturated heterocycles. The van der Waals surface area contributed by atoms with Crippen molar-refractivity contribution in [2.45, 2.75) is 70.0 Å². The lowest BCUT2D eigenvalue weighted by Gasteiger charge is -2.41. The molecular weight excluding hydrogens is 157 g/mol. The van der Waals surface area contributed by atoms with E-state index in [1.807, 2.05) is 0 Å². The van der Waals surface area contributed by atoms with E-state index in [4.69, 9.17) is 0 Å². The topological polar surface area (TPSA) is 12.0 Å². The molecule has 2 fully saturated rings. The minimum Gasteiger partial charge on any atom is -0.353 e. The molecule has 13 heavy (non-hydrogen) atoms. The number of hydrogen-bond acceptors (Lipinski definition) is 1.